The Kier molecular flexibility index (Phi) is 6.33. The Morgan fingerprint density at radius 1 is 1.24 bits per heavy atom. The zero-order valence-electron chi connectivity index (χ0n) is 10.5. The Bertz CT molecular complexity index is 319. The van der Waals surface area contributed by atoms with E-state index in [0.717, 1.165) is 5.56 Å². The molecule has 1 aromatic rings. The molecule has 1 aromatic carbocycles. The van der Waals surface area contributed by atoms with E-state index in [1.165, 1.54) is 0 Å². The number of hydrogen-bond acceptors (Lipinski definition) is 3. The molecule has 3 heteroatoms. The highest BCUT2D eigenvalue weighted by Crippen LogP contribution is 2.02. The molecule has 0 heterocycles. The van der Waals surface area contributed by atoms with Gasteiger partial charge in [0.2, 0.25) is 0 Å². The van der Waals surface area contributed by atoms with Gasteiger partial charge >= 0.3 is 5.97 Å². The van der Waals surface area contributed by atoms with Crippen LogP contribution in [0.4, 0.5) is 0 Å². The zero-order valence-corrected chi connectivity index (χ0v) is 10.5. The molecular weight excluding hydrogens is 216 g/mol. The van der Waals surface area contributed by atoms with Crippen molar-refractivity contribution in [3.63, 3.8) is 0 Å². The molecule has 0 fully saturated rings. The SMILES string of the molecule is CC(C)OC(=O)CCCOCc1ccccc1. The Labute approximate surface area is 103 Å². The summed E-state index contributed by atoms with van der Waals surface area (Å²) in [7, 11) is 0. The molecule has 3 nitrogen and oxygen atoms in total. The van der Waals surface area contributed by atoms with Crippen molar-refractivity contribution < 1.29 is 14.3 Å². The molecular formula is C14H20O3. The maximum atomic E-state index is 11.2. The van der Waals surface area contributed by atoms with E-state index in [4.69, 9.17) is 9.47 Å². The van der Waals surface area contributed by atoms with Crippen molar-refractivity contribution in [3.8, 4) is 0 Å². The summed E-state index contributed by atoms with van der Waals surface area (Å²) in [5, 5.41) is 0. The first kappa shape index (κ1) is 13.7. The van der Waals surface area contributed by atoms with E-state index in [1.807, 2.05) is 44.2 Å². The third-order valence-corrected chi connectivity index (χ3v) is 2.15. The van der Waals surface area contributed by atoms with Crippen LogP contribution >= 0.6 is 0 Å². The van der Waals surface area contributed by atoms with Gasteiger partial charge < -0.3 is 9.47 Å². The second-order valence-corrected chi connectivity index (χ2v) is 4.18. The summed E-state index contributed by atoms with van der Waals surface area (Å²) < 4.78 is 10.5. The van der Waals surface area contributed by atoms with Gasteiger partial charge in [-0.05, 0) is 25.8 Å². The first-order valence-electron chi connectivity index (χ1n) is 5.99. The Morgan fingerprint density at radius 3 is 2.59 bits per heavy atom. The summed E-state index contributed by atoms with van der Waals surface area (Å²) in [4.78, 5) is 11.2. The molecule has 1 rings (SSSR count). The fourth-order valence-corrected chi connectivity index (χ4v) is 1.40. The van der Waals surface area contributed by atoms with Gasteiger partial charge in [-0.25, -0.2) is 0 Å². The van der Waals surface area contributed by atoms with Gasteiger partial charge in [0.1, 0.15) is 0 Å². The monoisotopic (exact) mass is 236 g/mol. The van der Waals surface area contributed by atoms with Gasteiger partial charge in [-0.15, -0.1) is 0 Å². The van der Waals surface area contributed by atoms with Crippen molar-refractivity contribution >= 4 is 5.97 Å². The molecule has 17 heavy (non-hydrogen) atoms. The van der Waals surface area contributed by atoms with E-state index < -0.39 is 0 Å². The fourth-order valence-electron chi connectivity index (χ4n) is 1.40. The maximum Gasteiger partial charge on any atom is 0.306 e. The number of hydrogen-bond donors (Lipinski definition) is 0. The zero-order chi connectivity index (χ0) is 12.5. The Balaban J connectivity index is 2.03. The van der Waals surface area contributed by atoms with Crippen LogP contribution in [0.1, 0.15) is 32.3 Å². The van der Waals surface area contributed by atoms with Crippen LogP contribution in [0.3, 0.4) is 0 Å². The van der Waals surface area contributed by atoms with Crippen LogP contribution in [0.2, 0.25) is 0 Å². The van der Waals surface area contributed by atoms with Crippen LogP contribution in [0.5, 0.6) is 0 Å². The van der Waals surface area contributed by atoms with Crippen molar-refractivity contribution in [2.75, 3.05) is 6.61 Å². The second kappa shape index (κ2) is 7.85. The predicted molar refractivity (Wildman–Crippen MR) is 66.6 cm³/mol. The van der Waals surface area contributed by atoms with Crippen LogP contribution in [0.15, 0.2) is 30.3 Å². The molecule has 94 valence electrons. The van der Waals surface area contributed by atoms with E-state index in [2.05, 4.69) is 0 Å². The third-order valence-electron chi connectivity index (χ3n) is 2.15. The molecule has 0 saturated carbocycles. The quantitative estimate of drug-likeness (QED) is 0.539. The van der Waals surface area contributed by atoms with Crippen molar-refractivity contribution in [1.29, 1.82) is 0 Å². The normalized spacial score (nSPS) is 10.5. The lowest BCUT2D eigenvalue weighted by atomic mass is 10.2. The largest absolute Gasteiger partial charge is 0.463 e. The van der Waals surface area contributed by atoms with Crippen LogP contribution in [-0.2, 0) is 20.9 Å². The Morgan fingerprint density at radius 2 is 1.94 bits per heavy atom. The molecule has 0 amide bonds. The molecule has 0 atom stereocenters. The molecule has 0 saturated heterocycles. The molecule has 0 radical (unpaired) electrons. The van der Waals surface area contributed by atoms with Crippen LogP contribution < -0.4 is 0 Å². The van der Waals surface area contributed by atoms with E-state index in [1.54, 1.807) is 0 Å². The minimum atomic E-state index is -0.150. The number of esters is 1. The molecule has 0 bridgehead atoms. The summed E-state index contributed by atoms with van der Waals surface area (Å²) in [5.41, 5.74) is 1.15. The summed E-state index contributed by atoms with van der Waals surface area (Å²) in [6, 6.07) is 9.99. The number of carbonyl (C=O) groups is 1. The van der Waals surface area contributed by atoms with Gasteiger partial charge in [0.15, 0.2) is 0 Å². The first-order valence-corrected chi connectivity index (χ1v) is 5.99. The topological polar surface area (TPSA) is 35.5 Å². The molecule has 0 aromatic heterocycles. The van der Waals surface area contributed by atoms with Crippen LogP contribution in [-0.4, -0.2) is 18.7 Å². The molecule has 0 N–H and O–H groups in total. The van der Waals surface area contributed by atoms with Gasteiger partial charge in [0.05, 0.1) is 12.7 Å². The molecule has 0 aliphatic carbocycles. The van der Waals surface area contributed by atoms with Crippen molar-refractivity contribution in [2.45, 2.75) is 39.4 Å². The van der Waals surface area contributed by atoms with Crippen LogP contribution in [0, 0.1) is 0 Å². The maximum absolute atomic E-state index is 11.2. The highest BCUT2D eigenvalue weighted by atomic mass is 16.5. The summed E-state index contributed by atoms with van der Waals surface area (Å²) in [6.07, 6.45) is 1.10. The second-order valence-electron chi connectivity index (χ2n) is 4.18. The van der Waals surface area contributed by atoms with Gasteiger partial charge in [-0.3, -0.25) is 4.79 Å². The summed E-state index contributed by atoms with van der Waals surface area (Å²) >= 11 is 0. The number of ether oxygens (including phenoxy) is 2. The van der Waals surface area contributed by atoms with Gasteiger partial charge in [0.25, 0.3) is 0 Å². The third kappa shape index (κ3) is 6.74. The van der Waals surface area contributed by atoms with Gasteiger partial charge in [-0.2, -0.15) is 0 Å². The highest BCUT2D eigenvalue weighted by Gasteiger charge is 2.04. The number of benzene rings is 1. The number of carbonyl (C=O) groups excluding carboxylic acids is 1. The minimum Gasteiger partial charge on any atom is -0.463 e. The lowest BCUT2D eigenvalue weighted by Crippen LogP contribution is -2.11. The molecule has 0 unspecified atom stereocenters. The first-order chi connectivity index (χ1) is 8.18. The average molecular weight is 236 g/mol. The smallest absolute Gasteiger partial charge is 0.306 e. The van der Waals surface area contributed by atoms with Crippen LogP contribution in [0.25, 0.3) is 0 Å². The Hall–Kier alpha value is -1.35. The lowest BCUT2D eigenvalue weighted by molar-refractivity contribution is -0.147. The predicted octanol–water partition coefficient (Wildman–Crippen LogP) is 2.94. The van der Waals surface area contributed by atoms with Gasteiger partial charge in [0, 0.05) is 13.0 Å². The van der Waals surface area contributed by atoms with E-state index in [9.17, 15) is 4.79 Å². The minimum absolute atomic E-state index is 0.0345. The van der Waals surface area contributed by atoms with E-state index in [-0.39, 0.29) is 12.1 Å². The number of rotatable bonds is 7. The highest BCUT2D eigenvalue weighted by molar-refractivity contribution is 5.69. The molecule has 0 aliphatic heterocycles. The standard InChI is InChI=1S/C14H20O3/c1-12(2)17-14(15)9-6-10-16-11-13-7-4-3-5-8-13/h3-5,7-8,12H,6,9-11H2,1-2H3. The van der Waals surface area contributed by atoms with E-state index >= 15 is 0 Å². The molecule has 0 spiro atoms. The fraction of sp³-hybridized carbons (Fsp3) is 0.500. The summed E-state index contributed by atoms with van der Waals surface area (Å²) in [5.74, 6) is -0.150. The van der Waals surface area contributed by atoms with Crippen molar-refractivity contribution in [3.05, 3.63) is 35.9 Å². The summed E-state index contributed by atoms with van der Waals surface area (Å²) in [6.45, 7) is 4.88. The van der Waals surface area contributed by atoms with Crippen molar-refractivity contribution in [1.82, 2.24) is 0 Å². The average Bonchev–Trinajstić information content (AvgIpc) is 2.29. The van der Waals surface area contributed by atoms with Gasteiger partial charge in [-0.1, -0.05) is 30.3 Å². The lowest BCUT2D eigenvalue weighted by Gasteiger charge is -2.08. The molecule has 0 aliphatic rings. The van der Waals surface area contributed by atoms with Crippen molar-refractivity contribution in [2.24, 2.45) is 0 Å². The van der Waals surface area contributed by atoms with E-state index in [0.29, 0.717) is 26.1 Å².